The van der Waals surface area contributed by atoms with E-state index in [1.54, 1.807) is 0 Å². The van der Waals surface area contributed by atoms with Gasteiger partial charge in [0.05, 0.1) is 0 Å². The van der Waals surface area contributed by atoms with Crippen LogP contribution < -0.4 is 10.2 Å². The van der Waals surface area contributed by atoms with Crippen molar-refractivity contribution < 1.29 is 0 Å². The Kier molecular flexibility index (Phi) is 3.79. The lowest BCUT2D eigenvalue weighted by molar-refractivity contribution is 0.462. The smallest absolute Gasteiger partial charge is 0.0470 e. The number of hydrogen-bond donors (Lipinski definition) is 1. The number of nitrogens with one attached hydrogen (secondary N) is 1. The van der Waals surface area contributed by atoms with Gasteiger partial charge in [0.1, 0.15) is 0 Å². The predicted molar refractivity (Wildman–Crippen MR) is 77.8 cm³/mol. The molecule has 1 aliphatic rings. The second kappa shape index (κ2) is 4.99. The van der Waals surface area contributed by atoms with Crippen LogP contribution in [0.15, 0.2) is 22.7 Å². The lowest BCUT2D eigenvalue weighted by Gasteiger charge is -2.39. The zero-order valence-corrected chi connectivity index (χ0v) is 12.5. The molecule has 1 aromatic rings. The standard InChI is InChI=1S/C14H21BrN2/c1-11-5-6-12(9-13(11)15)17-8-4-7-16-10-14(17,2)3/h5-6,9,16H,4,7-8,10H2,1-3H3. The fourth-order valence-corrected chi connectivity index (χ4v) is 2.75. The van der Waals surface area contributed by atoms with E-state index in [0.717, 1.165) is 19.6 Å². The summed E-state index contributed by atoms with van der Waals surface area (Å²) in [6, 6.07) is 6.66. The van der Waals surface area contributed by atoms with E-state index in [0.29, 0.717) is 0 Å². The van der Waals surface area contributed by atoms with E-state index in [1.807, 2.05) is 0 Å². The van der Waals surface area contributed by atoms with Gasteiger partial charge in [-0.15, -0.1) is 0 Å². The average Bonchev–Trinajstić information content (AvgIpc) is 2.43. The van der Waals surface area contributed by atoms with Crippen LogP contribution in [0.25, 0.3) is 0 Å². The zero-order chi connectivity index (χ0) is 12.5. The number of anilines is 1. The van der Waals surface area contributed by atoms with Crippen molar-refractivity contribution in [2.45, 2.75) is 32.7 Å². The second-order valence-electron chi connectivity index (χ2n) is 5.43. The topological polar surface area (TPSA) is 15.3 Å². The molecule has 2 rings (SSSR count). The van der Waals surface area contributed by atoms with Gasteiger partial charge in [0.15, 0.2) is 0 Å². The molecule has 0 bridgehead atoms. The summed E-state index contributed by atoms with van der Waals surface area (Å²) >= 11 is 3.63. The third-order valence-electron chi connectivity index (χ3n) is 3.49. The van der Waals surface area contributed by atoms with Crippen LogP contribution >= 0.6 is 15.9 Å². The minimum Gasteiger partial charge on any atom is -0.365 e. The van der Waals surface area contributed by atoms with Crippen molar-refractivity contribution in [2.75, 3.05) is 24.5 Å². The number of aryl methyl sites for hydroxylation is 1. The fraction of sp³-hybridized carbons (Fsp3) is 0.571. The van der Waals surface area contributed by atoms with Crippen LogP contribution in [0, 0.1) is 6.92 Å². The molecule has 1 aliphatic heterocycles. The fourth-order valence-electron chi connectivity index (χ4n) is 2.38. The highest BCUT2D eigenvalue weighted by molar-refractivity contribution is 9.10. The Bertz CT molecular complexity index is 401. The second-order valence-corrected chi connectivity index (χ2v) is 6.28. The first-order valence-corrected chi connectivity index (χ1v) is 7.04. The molecule has 1 aromatic carbocycles. The minimum absolute atomic E-state index is 0.172. The Hall–Kier alpha value is -0.540. The van der Waals surface area contributed by atoms with Crippen LogP contribution in [0.2, 0.25) is 0 Å². The Morgan fingerprint density at radius 1 is 1.35 bits per heavy atom. The maximum atomic E-state index is 3.63. The van der Waals surface area contributed by atoms with Gasteiger partial charge < -0.3 is 10.2 Å². The third-order valence-corrected chi connectivity index (χ3v) is 4.35. The van der Waals surface area contributed by atoms with Crippen LogP contribution in [0.4, 0.5) is 5.69 Å². The summed E-state index contributed by atoms with van der Waals surface area (Å²) in [6.07, 6.45) is 1.20. The highest BCUT2D eigenvalue weighted by Crippen LogP contribution is 2.29. The van der Waals surface area contributed by atoms with Gasteiger partial charge in [-0.05, 0) is 51.4 Å². The zero-order valence-electron chi connectivity index (χ0n) is 10.9. The molecule has 0 aliphatic carbocycles. The Balaban J connectivity index is 2.32. The van der Waals surface area contributed by atoms with Gasteiger partial charge in [0.2, 0.25) is 0 Å². The van der Waals surface area contributed by atoms with Crippen molar-refractivity contribution in [3.05, 3.63) is 28.2 Å². The number of nitrogens with zero attached hydrogens (tertiary/aromatic N) is 1. The van der Waals surface area contributed by atoms with Crippen LogP contribution in [-0.2, 0) is 0 Å². The maximum absolute atomic E-state index is 3.63. The number of rotatable bonds is 1. The van der Waals surface area contributed by atoms with Crippen molar-refractivity contribution in [2.24, 2.45) is 0 Å². The van der Waals surface area contributed by atoms with Crippen molar-refractivity contribution >= 4 is 21.6 Å². The summed E-state index contributed by atoms with van der Waals surface area (Å²) in [5.74, 6) is 0. The molecule has 94 valence electrons. The lowest BCUT2D eigenvalue weighted by Crippen LogP contribution is -2.48. The van der Waals surface area contributed by atoms with E-state index < -0.39 is 0 Å². The van der Waals surface area contributed by atoms with E-state index in [2.05, 4.69) is 65.1 Å². The molecule has 0 atom stereocenters. The Morgan fingerprint density at radius 2 is 2.12 bits per heavy atom. The van der Waals surface area contributed by atoms with Crippen LogP contribution in [-0.4, -0.2) is 25.2 Å². The number of halogens is 1. The summed E-state index contributed by atoms with van der Waals surface area (Å²) in [6.45, 7) is 10.0. The van der Waals surface area contributed by atoms with Crippen molar-refractivity contribution in [3.8, 4) is 0 Å². The van der Waals surface area contributed by atoms with E-state index in [1.165, 1.54) is 22.1 Å². The molecule has 0 spiro atoms. The molecule has 1 heterocycles. The highest BCUT2D eigenvalue weighted by atomic mass is 79.9. The molecule has 0 amide bonds. The highest BCUT2D eigenvalue weighted by Gasteiger charge is 2.28. The van der Waals surface area contributed by atoms with E-state index in [-0.39, 0.29) is 5.54 Å². The van der Waals surface area contributed by atoms with Gasteiger partial charge in [-0.3, -0.25) is 0 Å². The van der Waals surface area contributed by atoms with Crippen LogP contribution in [0.1, 0.15) is 25.8 Å². The first-order chi connectivity index (χ1) is 8.00. The van der Waals surface area contributed by atoms with Gasteiger partial charge in [0, 0.05) is 28.8 Å². The lowest BCUT2D eigenvalue weighted by atomic mass is 10.0. The average molecular weight is 297 g/mol. The summed E-state index contributed by atoms with van der Waals surface area (Å²) in [7, 11) is 0. The van der Waals surface area contributed by atoms with Gasteiger partial charge in [-0.1, -0.05) is 22.0 Å². The quantitative estimate of drug-likeness (QED) is 0.855. The molecule has 0 unspecified atom stereocenters. The summed E-state index contributed by atoms with van der Waals surface area (Å²) < 4.78 is 1.20. The van der Waals surface area contributed by atoms with E-state index in [4.69, 9.17) is 0 Å². The molecule has 0 aromatic heterocycles. The first-order valence-electron chi connectivity index (χ1n) is 6.25. The van der Waals surface area contributed by atoms with Crippen molar-refractivity contribution in [1.82, 2.24) is 5.32 Å². The molecule has 1 saturated heterocycles. The molecule has 1 N–H and O–H groups in total. The Labute approximate surface area is 113 Å². The minimum atomic E-state index is 0.172. The normalized spacial score (nSPS) is 20.1. The first kappa shape index (κ1) is 12.9. The molecule has 17 heavy (non-hydrogen) atoms. The van der Waals surface area contributed by atoms with Gasteiger partial charge >= 0.3 is 0 Å². The van der Waals surface area contributed by atoms with Gasteiger partial charge in [0.25, 0.3) is 0 Å². The third kappa shape index (κ3) is 2.83. The maximum Gasteiger partial charge on any atom is 0.0470 e. The largest absolute Gasteiger partial charge is 0.365 e. The summed E-state index contributed by atoms with van der Waals surface area (Å²) in [4.78, 5) is 2.51. The SMILES string of the molecule is Cc1ccc(N2CCCNCC2(C)C)cc1Br. The van der Waals surface area contributed by atoms with Crippen LogP contribution in [0.5, 0.6) is 0 Å². The molecule has 2 nitrogen and oxygen atoms in total. The molecular formula is C14H21BrN2. The number of hydrogen-bond acceptors (Lipinski definition) is 2. The van der Waals surface area contributed by atoms with E-state index >= 15 is 0 Å². The summed E-state index contributed by atoms with van der Waals surface area (Å²) in [5, 5.41) is 3.51. The molecule has 1 fully saturated rings. The van der Waals surface area contributed by atoms with Crippen LogP contribution in [0.3, 0.4) is 0 Å². The molecular weight excluding hydrogens is 276 g/mol. The van der Waals surface area contributed by atoms with Gasteiger partial charge in [-0.25, -0.2) is 0 Å². The van der Waals surface area contributed by atoms with E-state index in [9.17, 15) is 0 Å². The van der Waals surface area contributed by atoms with Gasteiger partial charge in [-0.2, -0.15) is 0 Å². The molecule has 3 heteroatoms. The predicted octanol–water partition coefficient (Wildman–Crippen LogP) is 3.34. The number of benzene rings is 1. The molecule has 0 radical (unpaired) electrons. The van der Waals surface area contributed by atoms with Crippen molar-refractivity contribution in [1.29, 1.82) is 0 Å². The van der Waals surface area contributed by atoms with Crippen molar-refractivity contribution in [3.63, 3.8) is 0 Å². The molecule has 0 saturated carbocycles. The summed E-state index contributed by atoms with van der Waals surface area (Å²) in [5.41, 5.74) is 2.78. The monoisotopic (exact) mass is 296 g/mol. The Morgan fingerprint density at radius 3 is 2.82 bits per heavy atom.